The van der Waals surface area contributed by atoms with E-state index in [2.05, 4.69) is 19.9 Å². The zero-order chi connectivity index (χ0) is 20.4. The molecule has 0 radical (unpaired) electrons. The van der Waals surface area contributed by atoms with Crippen LogP contribution in [-0.4, -0.2) is 18.0 Å². The summed E-state index contributed by atoms with van der Waals surface area (Å²) < 4.78 is 11.9. The van der Waals surface area contributed by atoms with Gasteiger partial charge in [0.05, 0.1) is 30.1 Å². The fourth-order valence-electron chi connectivity index (χ4n) is 3.24. The zero-order valence-electron chi connectivity index (χ0n) is 16.6. The van der Waals surface area contributed by atoms with Gasteiger partial charge in [0.2, 0.25) is 0 Å². The highest BCUT2D eigenvalue weighted by molar-refractivity contribution is 7.22. The Hall–Kier alpha value is -3.12. The standard InChI is InChI=1S/C23H22N2O3S/c1-15(2)19-10-5-11-20-21(19)24-23(29-20)25(14-18-9-6-12-28-18)22(26)16-7-4-8-17(13-16)27-3/h4-13,15H,14H2,1-3H3. The lowest BCUT2D eigenvalue weighted by Gasteiger charge is -2.19. The Morgan fingerprint density at radius 3 is 2.72 bits per heavy atom. The summed E-state index contributed by atoms with van der Waals surface area (Å²) >= 11 is 1.51. The number of fused-ring (bicyclic) bond motifs is 1. The van der Waals surface area contributed by atoms with Crippen molar-refractivity contribution in [2.24, 2.45) is 0 Å². The van der Waals surface area contributed by atoms with Crippen molar-refractivity contribution >= 4 is 32.6 Å². The van der Waals surface area contributed by atoms with Crippen LogP contribution in [0.15, 0.2) is 65.3 Å². The Balaban J connectivity index is 1.79. The average Bonchev–Trinajstić information content (AvgIpc) is 3.40. The van der Waals surface area contributed by atoms with Crippen molar-refractivity contribution in [1.29, 1.82) is 0 Å². The number of hydrogen-bond donors (Lipinski definition) is 0. The molecule has 0 fully saturated rings. The van der Waals surface area contributed by atoms with E-state index >= 15 is 0 Å². The quantitative estimate of drug-likeness (QED) is 0.402. The van der Waals surface area contributed by atoms with Gasteiger partial charge in [-0.05, 0) is 47.9 Å². The molecular formula is C23H22N2O3S. The molecule has 0 spiro atoms. The van der Waals surface area contributed by atoms with Gasteiger partial charge in [-0.25, -0.2) is 4.98 Å². The van der Waals surface area contributed by atoms with Crippen LogP contribution >= 0.6 is 11.3 Å². The van der Waals surface area contributed by atoms with Crippen LogP contribution in [0.2, 0.25) is 0 Å². The number of rotatable bonds is 6. The predicted molar refractivity (Wildman–Crippen MR) is 116 cm³/mol. The minimum atomic E-state index is -0.148. The second kappa shape index (κ2) is 8.09. The van der Waals surface area contributed by atoms with Gasteiger partial charge in [0, 0.05) is 5.56 Å². The molecule has 0 aliphatic heterocycles. The number of ether oxygens (including phenoxy) is 1. The molecule has 29 heavy (non-hydrogen) atoms. The number of carbonyl (C=O) groups is 1. The molecule has 6 heteroatoms. The molecule has 0 bridgehead atoms. The van der Waals surface area contributed by atoms with E-state index in [1.165, 1.54) is 16.9 Å². The number of nitrogens with zero attached hydrogens (tertiary/aromatic N) is 2. The summed E-state index contributed by atoms with van der Waals surface area (Å²) in [7, 11) is 1.59. The first-order chi connectivity index (χ1) is 14.1. The van der Waals surface area contributed by atoms with Crippen LogP contribution < -0.4 is 9.64 Å². The molecule has 2 aromatic carbocycles. The van der Waals surface area contributed by atoms with Gasteiger partial charge in [-0.1, -0.05) is 43.4 Å². The molecule has 0 aliphatic carbocycles. The number of hydrogen-bond acceptors (Lipinski definition) is 5. The molecular weight excluding hydrogens is 384 g/mol. The van der Waals surface area contributed by atoms with Crippen molar-refractivity contribution in [3.05, 3.63) is 77.7 Å². The average molecular weight is 407 g/mol. The van der Waals surface area contributed by atoms with E-state index in [4.69, 9.17) is 14.1 Å². The zero-order valence-corrected chi connectivity index (χ0v) is 17.4. The lowest BCUT2D eigenvalue weighted by atomic mass is 10.0. The first-order valence-electron chi connectivity index (χ1n) is 9.44. The molecule has 0 N–H and O–H groups in total. The lowest BCUT2D eigenvalue weighted by molar-refractivity contribution is 0.0983. The van der Waals surface area contributed by atoms with Gasteiger partial charge < -0.3 is 9.15 Å². The van der Waals surface area contributed by atoms with Crippen LogP contribution in [0.4, 0.5) is 5.13 Å². The summed E-state index contributed by atoms with van der Waals surface area (Å²) in [6.07, 6.45) is 1.61. The molecule has 0 aliphatic rings. The number of aromatic nitrogens is 1. The van der Waals surface area contributed by atoms with Gasteiger partial charge in [-0.15, -0.1) is 0 Å². The van der Waals surface area contributed by atoms with Gasteiger partial charge >= 0.3 is 0 Å². The predicted octanol–water partition coefficient (Wildman–Crippen LogP) is 5.87. The van der Waals surface area contributed by atoms with E-state index < -0.39 is 0 Å². The van der Waals surface area contributed by atoms with Gasteiger partial charge in [0.25, 0.3) is 5.91 Å². The summed E-state index contributed by atoms with van der Waals surface area (Å²) in [6.45, 7) is 4.60. The highest BCUT2D eigenvalue weighted by Crippen LogP contribution is 2.35. The molecule has 0 saturated carbocycles. The minimum absolute atomic E-state index is 0.148. The van der Waals surface area contributed by atoms with Crippen LogP contribution in [0.25, 0.3) is 10.2 Å². The van der Waals surface area contributed by atoms with E-state index in [1.807, 2.05) is 36.4 Å². The third kappa shape index (κ3) is 3.89. The second-order valence-electron chi connectivity index (χ2n) is 7.05. The SMILES string of the molecule is COc1cccc(C(=O)N(Cc2ccco2)c2nc3c(C(C)C)cccc3s2)c1. The maximum absolute atomic E-state index is 13.4. The molecule has 0 unspecified atom stereocenters. The second-order valence-corrected chi connectivity index (χ2v) is 8.06. The van der Waals surface area contributed by atoms with Crippen molar-refractivity contribution in [2.75, 3.05) is 12.0 Å². The highest BCUT2D eigenvalue weighted by atomic mass is 32.1. The topological polar surface area (TPSA) is 55.6 Å². The monoisotopic (exact) mass is 406 g/mol. The molecule has 2 aromatic heterocycles. The maximum atomic E-state index is 13.4. The molecule has 2 heterocycles. The van der Waals surface area contributed by atoms with E-state index in [1.54, 1.807) is 30.4 Å². The van der Waals surface area contributed by atoms with Crippen molar-refractivity contribution in [2.45, 2.75) is 26.3 Å². The minimum Gasteiger partial charge on any atom is -0.497 e. The fraction of sp³-hybridized carbons (Fsp3) is 0.217. The van der Waals surface area contributed by atoms with Crippen molar-refractivity contribution in [1.82, 2.24) is 4.98 Å². The first kappa shape index (κ1) is 19.2. The lowest BCUT2D eigenvalue weighted by Crippen LogP contribution is -2.30. The number of para-hydroxylation sites is 1. The van der Waals surface area contributed by atoms with Crippen LogP contribution in [0.1, 0.15) is 41.4 Å². The molecule has 4 aromatic rings. The summed E-state index contributed by atoms with van der Waals surface area (Å²) in [5, 5.41) is 0.650. The Kier molecular flexibility index (Phi) is 5.36. The third-order valence-corrected chi connectivity index (χ3v) is 5.79. The van der Waals surface area contributed by atoms with Crippen molar-refractivity contribution in [3.8, 4) is 5.75 Å². The molecule has 148 valence electrons. The first-order valence-corrected chi connectivity index (χ1v) is 10.3. The molecule has 0 saturated heterocycles. The van der Waals surface area contributed by atoms with E-state index in [-0.39, 0.29) is 5.91 Å². The Labute approximate surface area is 173 Å². The summed E-state index contributed by atoms with van der Waals surface area (Å²) in [6, 6.07) is 17.0. The Morgan fingerprint density at radius 1 is 1.17 bits per heavy atom. The van der Waals surface area contributed by atoms with E-state index in [0.717, 1.165) is 10.2 Å². The number of anilines is 1. The van der Waals surface area contributed by atoms with Crippen LogP contribution in [0.5, 0.6) is 5.75 Å². The molecule has 4 rings (SSSR count). The summed E-state index contributed by atoms with van der Waals surface area (Å²) in [4.78, 5) is 20.0. The van der Waals surface area contributed by atoms with Gasteiger partial charge in [0.1, 0.15) is 11.5 Å². The number of methoxy groups -OCH3 is 1. The van der Waals surface area contributed by atoms with Crippen LogP contribution in [-0.2, 0) is 6.54 Å². The summed E-state index contributed by atoms with van der Waals surface area (Å²) in [5.41, 5.74) is 2.67. The third-order valence-electron chi connectivity index (χ3n) is 4.75. The Bertz CT molecular complexity index is 1130. The Morgan fingerprint density at radius 2 is 2.00 bits per heavy atom. The normalized spacial score (nSPS) is 11.2. The van der Waals surface area contributed by atoms with Crippen molar-refractivity contribution in [3.63, 3.8) is 0 Å². The van der Waals surface area contributed by atoms with Gasteiger partial charge in [0.15, 0.2) is 5.13 Å². The number of furan rings is 1. The largest absolute Gasteiger partial charge is 0.497 e. The van der Waals surface area contributed by atoms with Crippen LogP contribution in [0, 0.1) is 0 Å². The highest BCUT2D eigenvalue weighted by Gasteiger charge is 2.24. The molecule has 0 atom stereocenters. The molecule has 1 amide bonds. The van der Waals surface area contributed by atoms with Crippen molar-refractivity contribution < 1.29 is 13.9 Å². The smallest absolute Gasteiger partial charge is 0.260 e. The fourth-order valence-corrected chi connectivity index (χ4v) is 4.23. The van der Waals surface area contributed by atoms with Crippen LogP contribution in [0.3, 0.4) is 0 Å². The summed E-state index contributed by atoms with van der Waals surface area (Å²) in [5.74, 6) is 1.54. The number of thiazole rings is 1. The number of benzene rings is 2. The van der Waals surface area contributed by atoms with E-state index in [9.17, 15) is 4.79 Å². The van der Waals surface area contributed by atoms with E-state index in [0.29, 0.717) is 34.7 Å². The number of amides is 1. The molecule has 5 nitrogen and oxygen atoms in total. The maximum Gasteiger partial charge on any atom is 0.260 e. The number of carbonyl (C=O) groups excluding carboxylic acids is 1. The van der Waals surface area contributed by atoms with Gasteiger partial charge in [-0.3, -0.25) is 9.69 Å². The van der Waals surface area contributed by atoms with Gasteiger partial charge in [-0.2, -0.15) is 0 Å².